The van der Waals surface area contributed by atoms with Crippen LogP contribution in [-0.2, 0) is 20.1 Å². The number of hydrogen-bond donors (Lipinski definition) is 0. The average Bonchev–Trinajstić information content (AvgIpc) is 3.78. The van der Waals surface area contributed by atoms with Gasteiger partial charge in [0.05, 0.1) is 20.9 Å². The minimum atomic E-state index is -0.403. The van der Waals surface area contributed by atoms with E-state index in [0.717, 1.165) is 11.4 Å². The Morgan fingerprint density at radius 2 is 1.46 bits per heavy atom. The molecule has 6 aromatic carbocycles. The van der Waals surface area contributed by atoms with Crippen molar-refractivity contribution in [2.45, 2.75) is 20.8 Å². The van der Waals surface area contributed by atoms with Gasteiger partial charge in [0.1, 0.15) is 0 Å². The molecule has 0 unspecified atom stereocenters. The molecule has 0 saturated carbocycles. The summed E-state index contributed by atoms with van der Waals surface area (Å²) in [6.07, 6.45) is -0.272. The summed E-state index contributed by atoms with van der Waals surface area (Å²) >= 11 is 0. The van der Waals surface area contributed by atoms with E-state index >= 15 is 0 Å². The van der Waals surface area contributed by atoms with E-state index in [1.807, 2.05) is 24.3 Å². The number of para-hydroxylation sites is 4. The molecule has 1 aliphatic rings. The first-order chi connectivity index (χ1) is 27.2. The molecule has 0 radical (unpaired) electrons. The molecule has 0 N–H and O–H groups in total. The van der Waals surface area contributed by atoms with Crippen LogP contribution in [-0.4, -0.2) is 9.38 Å². The van der Waals surface area contributed by atoms with Gasteiger partial charge in [0.25, 0.3) is 0 Å². The Morgan fingerprint density at radius 1 is 0.729 bits per heavy atom. The summed E-state index contributed by atoms with van der Waals surface area (Å²) in [6.45, 7) is 6.84. The number of nitrogens with zero attached hydrogens (tertiary/aromatic N) is 4. The number of benzene rings is 6. The molecule has 5 heteroatoms. The normalized spacial score (nSPS) is 15.1. The minimum absolute atomic E-state index is 0. The van der Waals surface area contributed by atoms with Crippen LogP contribution in [0.1, 0.15) is 30.4 Å². The van der Waals surface area contributed by atoms with Crippen LogP contribution in [0.15, 0.2) is 139 Å². The summed E-state index contributed by atoms with van der Waals surface area (Å²) in [5.74, 6) is 0. The van der Waals surface area contributed by atoms with E-state index in [1.54, 1.807) is 13.8 Å². The monoisotopic (exact) mass is 808 g/mol. The molecule has 0 amide bonds. The Balaban J connectivity index is 0.000000197. The third-order valence-corrected chi connectivity index (χ3v) is 8.11. The fourth-order valence-electron chi connectivity index (χ4n) is 5.99. The molecule has 234 valence electrons. The summed E-state index contributed by atoms with van der Waals surface area (Å²) in [5.41, 5.74) is 5.94. The van der Waals surface area contributed by atoms with E-state index in [1.165, 1.54) is 22.7 Å². The Labute approximate surface area is 309 Å². The number of anilines is 4. The van der Waals surface area contributed by atoms with Gasteiger partial charge in [-0.2, -0.15) is 30.3 Å². The van der Waals surface area contributed by atoms with Crippen molar-refractivity contribution in [3.63, 3.8) is 0 Å². The Morgan fingerprint density at radius 3 is 2.21 bits per heavy atom. The molecule has 0 spiro atoms. The Kier molecular flexibility index (Phi) is 5.91. The van der Waals surface area contributed by atoms with Gasteiger partial charge in [0.2, 0.25) is 0 Å². The molecule has 4 nitrogen and oxygen atoms in total. The van der Waals surface area contributed by atoms with Crippen LogP contribution >= 0.6 is 0 Å². The van der Waals surface area contributed by atoms with Gasteiger partial charge in [-0.3, -0.25) is 4.98 Å². The Bertz CT molecular complexity index is 2850. The van der Waals surface area contributed by atoms with Crippen LogP contribution in [0.3, 0.4) is 0 Å². The number of pyridine rings is 1. The number of hydrogen-bond acceptors (Lipinski definition) is 3. The first kappa shape index (κ1) is 21.6. The first-order valence-corrected chi connectivity index (χ1v) is 15.1. The average molecular weight is 808 g/mol. The summed E-state index contributed by atoms with van der Waals surface area (Å²) in [4.78, 5) is 8.74. The van der Waals surface area contributed by atoms with Gasteiger partial charge < -0.3 is 14.2 Å². The van der Waals surface area contributed by atoms with Crippen molar-refractivity contribution < 1.29 is 33.8 Å². The minimum Gasteiger partial charge on any atom is -0.493 e. The number of rotatable bonds is 3. The van der Waals surface area contributed by atoms with Crippen molar-refractivity contribution in [2.24, 2.45) is 0 Å². The molecule has 0 aliphatic carbocycles. The SMILES string of the molecule is [2H]c1[c-]c2c(c([2H])c1[2H])c1c([2H])c(C)c([2H])c([2H])c1n1c(-c3c(C)c([2H])c([2H])c([2H])c3C)c([2H])nc21.[Ir+3].[c-]1ccccc1N1[CH-]N(c2ccccc2)c2ccccc21. The molecule has 0 fully saturated rings. The maximum Gasteiger partial charge on any atom is 3.00 e. The second-order valence-electron chi connectivity index (χ2n) is 11.1. The van der Waals surface area contributed by atoms with Crippen LogP contribution in [0.4, 0.5) is 22.7 Å². The van der Waals surface area contributed by atoms with Crippen LogP contribution in [0.5, 0.6) is 0 Å². The van der Waals surface area contributed by atoms with Gasteiger partial charge >= 0.3 is 20.1 Å². The summed E-state index contributed by atoms with van der Waals surface area (Å²) < 4.78 is 85.9. The van der Waals surface area contributed by atoms with Gasteiger partial charge in [-0.15, -0.1) is 41.9 Å². The first-order valence-electron chi connectivity index (χ1n) is 20.1. The van der Waals surface area contributed by atoms with Crippen molar-refractivity contribution >= 4 is 50.1 Å². The quantitative estimate of drug-likeness (QED) is 0.131. The zero-order valence-corrected chi connectivity index (χ0v) is 28.6. The molecule has 8 aromatic rings. The summed E-state index contributed by atoms with van der Waals surface area (Å²) in [7, 11) is 0. The molecule has 1 aliphatic heterocycles. The molecule has 48 heavy (non-hydrogen) atoms. The fraction of sp³-hybridized carbons (Fsp3) is 0.0698. The van der Waals surface area contributed by atoms with E-state index in [0.29, 0.717) is 16.7 Å². The van der Waals surface area contributed by atoms with Crippen LogP contribution in [0.2, 0.25) is 0 Å². The van der Waals surface area contributed by atoms with E-state index < -0.39 is 6.04 Å². The van der Waals surface area contributed by atoms with Crippen molar-refractivity contribution in [3.05, 3.63) is 175 Å². The second-order valence-corrected chi connectivity index (χ2v) is 11.1. The van der Waals surface area contributed by atoms with E-state index in [-0.39, 0.29) is 113 Å². The summed E-state index contributed by atoms with van der Waals surface area (Å²) in [6, 6.07) is 30.6. The number of aromatic nitrogens is 2. The molecular weight excluding hydrogens is 765 g/mol. The maximum absolute atomic E-state index is 8.80. The topological polar surface area (TPSA) is 23.8 Å². The largest absolute Gasteiger partial charge is 3.00 e. The molecule has 9 rings (SSSR count). The van der Waals surface area contributed by atoms with Crippen LogP contribution in [0.25, 0.3) is 38.6 Å². The van der Waals surface area contributed by atoms with E-state index in [9.17, 15) is 0 Å². The predicted molar refractivity (Wildman–Crippen MR) is 195 cm³/mol. The van der Waals surface area contributed by atoms with Crippen molar-refractivity contribution in [2.75, 3.05) is 9.80 Å². The second kappa shape index (κ2) is 13.1. The van der Waals surface area contributed by atoms with Gasteiger partial charge in [0, 0.05) is 37.1 Å². The molecule has 0 atom stereocenters. The number of fused-ring (bicyclic) bond motifs is 7. The molecular formula is C43H33IrN4. The van der Waals surface area contributed by atoms with Crippen molar-refractivity contribution in [1.29, 1.82) is 0 Å². The van der Waals surface area contributed by atoms with Crippen LogP contribution < -0.4 is 9.80 Å². The molecule has 0 saturated heterocycles. The van der Waals surface area contributed by atoms with Crippen LogP contribution in [0, 0.1) is 39.6 Å². The summed E-state index contributed by atoms with van der Waals surface area (Å²) in [5, 5.41) is 0.325. The Hall–Kier alpha value is -5.22. The van der Waals surface area contributed by atoms with Gasteiger partial charge in [-0.05, 0) is 69.0 Å². The maximum atomic E-state index is 8.80. The smallest absolute Gasteiger partial charge is 0.493 e. The number of imidazole rings is 1. The zero-order valence-electron chi connectivity index (χ0n) is 36.2. The van der Waals surface area contributed by atoms with Gasteiger partial charge in [-0.1, -0.05) is 71.5 Å². The molecule has 3 heterocycles. The van der Waals surface area contributed by atoms with Crippen molar-refractivity contribution in [1.82, 2.24) is 9.38 Å². The third kappa shape index (κ3) is 5.45. The molecule has 0 bridgehead atoms. The van der Waals surface area contributed by atoms with Crippen molar-refractivity contribution in [3.8, 4) is 11.3 Å². The third-order valence-electron chi connectivity index (χ3n) is 8.11. The van der Waals surface area contributed by atoms with Gasteiger partial charge in [0.15, 0.2) is 0 Å². The molecule has 2 aromatic heterocycles. The standard InChI is InChI=1S/C24H19N2.C19H14N2.Ir/c1-15-11-12-21-20(13-15)18-9-4-5-10-19(18)24-25-14-22(26(21)24)23-16(2)7-6-8-17(23)3;1-3-9-16(10-4-1)20-15-21(17-11-5-2-6-12-17)19-14-8-7-13-18(19)20;/h4-9,11-14H,1-3H3;1-11,13-15H;/q-1;-2;+3/i4D,5D,6D,7D,8D,9D,11D,12D,13D,14D;;. The van der Waals surface area contributed by atoms with Gasteiger partial charge in [-0.25, -0.2) is 0 Å². The van der Waals surface area contributed by atoms with E-state index in [4.69, 9.17) is 13.7 Å². The van der Waals surface area contributed by atoms with E-state index in [2.05, 4.69) is 88.2 Å². The fourth-order valence-corrected chi connectivity index (χ4v) is 5.99. The zero-order chi connectivity index (χ0) is 40.6. The predicted octanol–water partition coefficient (Wildman–Crippen LogP) is 10.9.